The molecule has 4 aromatic rings. The Hall–Kier alpha value is -2.45. The van der Waals surface area contributed by atoms with Crippen molar-refractivity contribution in [2.45, 2.75) is 24.3 Å². The third kappa shape index (κ3) is 3.30. The Morgan fingerprint density at radius 3 is 2.92 bits per heavy atom. The highest BCUT2D eigenvalue weighted by Crippen LogP contribution is 2.22. The van der Waals surface area contributed by atoms with Crippen LogP contribution in [0.2, 0.25) is 0 Å². The van der Waals surface area contributed by atoms with Crippen LogP contribution in [-0.4, -0.2) is 24.1 Å². The van der Waals surface area contributed by atoms with Gasteiger partial charge < -0.3 is 4.57 Å². The number of aryl methyl sites for hydroxylation is 1. The fourth-order valence-corrected chi connectivity index (χ4v) is 4.24. The van der Waals surface area contributed by atoms with E-state index in [1.165, 1.54) is 16.6 Å². The largest absolute Gasteiger partial charge is 0.309 e. The van der Waals surface area contributed by atoms with Gasteiger partial charge in [0.2, 0.25) is 0 Å². The Bertz CT molecular complexity index is 1110. The van der Waals surface area contributed by atoms with Crippen molar-refractivity contribution in [3.63, 3.8) is 0 Å². The molecule has 4 heterocycles. The van der Waals surface area contributed by atoms with Gasteiger partial charge in [-0.25, -0.2) is 4.98 Å². The number of rotatable bonds is 5. The summed E-state index contributed by atoms with van der Waals surface area (Å²) in [5, 5.41) is 11.5. The first-order chi connectivity index (χ1) is 12.6. The van der Waals surface area contributed by atoms with Crippen molar-refractivity contribution in [1.82, 2.24) is 24.1 Å². The molecule has 0 bridgehead atoms. The standard InChI is InChI=1S/C18H17N5OS2/c1-12-5-3-7-23-16(24)9-13(19-17(12)23)11-26-18-21-20-15(22(18)2)10-14-6-4-8-25-14/h3-9H,10-11H2,1-2H3. The van der Waals surface area contributed by atoms with Gasteiger partial charge in [-0.2, -0.15) is 0 Å². The van der Waals surface area contributed by atoms with Gasteiger partial charge in [-0.1, -0.05) is 23.9 Å². The second kappa shape index (κ2) is 7.05. The maximum absolute atomic E-state index is 12.3. The Morgan fingerprint density at radius 1 is 1.23 bits per heavy atom. The van der Waals surface area contributed by atoms with Crippen molar-refractivity contribution >= 4 is 28.7 Å². The predicted octanol–water partition coefficient (Wildman–Crippen LogP) is 3.08. The van der Waals surface area contributed by atoms with E-state index >= 15 is 0 Å². The molecule has 0 atom stereocenters. The molecule has 0 aliphatic carbocycles. The normalized spacial score (nSPS) is 11.3. The summed E-state index contributed by atoms with van der Waals surface area (Å²) < 4.78 is 3.58. The third-order valence-corrected chi connectivity index (χ3v) is 6.06. The molecule has 4 rings (SSSR count). The molecule has 0 amide bonds. The molecule has 26 heavy (non-hydrogen) atoms. The van der Waals surface area contributed by atoms with Crippen LogP contribution in [-0.2, 0) is 19.2 Å². The van der Waals surface area contributed by atoms with Gasteiger partial charge in [0.1, 0.15) is 11.5 Å². The van der Waals surface area contributed by atoms with E-state index in [1.807, 2.05) is 36.7 Å². The molecule has 4 aromatic heterocycles. The second-order valence-corrected chi connectivity index (χ2v) is 7.95. The van der Waals surface area contributed by atoms with Crippen LogP contribution in [0.4, 0.5) is 0 Å². The van der Waals surface area contributed by atoms with Crippen molar-refractivity contribution in [3.8, 4) is 0 Å². The summed E-state index contributed by atoms with van der Waals surface area (Å²) >= 11 is 3.25. The molecule has 0 fully saturated rings. The minimum absolute atomic E-state index is 0.0642. The van der Waals surface area contributed by atoms with Crippen LogP contribution in [0, 0.1) is 6.92 Å². The zero-order valence-corrected chi connectivity index (χ0v) is 16.0. The molecule has 0 radical (unpaired) electrons. The van der Waals surface area contributed by atoms with Crippen molar-refractivity contribution < 1.29 is 0 Å². The lowest BCUT2D eigenvalue weighted by molar-refractivity contribution is 0.750. The summed E-state index contributed by atoms with van der Waals surface area (Å²) in [5.74, 6) is 1.50. The number of thiophene rings is 1. The molecular formula is C18H17N5OS2. The second-order valence-electron chi connectivity index (χ2n) is 5.97. The maximum Gasteiger partial charge on any atom is 0.258 e. The fourth-order valence-electron chi connectivity index (χ4n) is 2.71. The Labute approximate surface area is 158 Å². The van der Waals surface area contributed by atoms with Gasteiger partial charge in [-0.3, -0.25) is 9.20 Å². The van der Waals surface area contributed by atoms with E-state index in [0.717, 1.165) is 28.7 Å². The first-order valence-electron chi connectivity index (χ1n) is 8.13. The highest BCUT2D eigenvalue weighted by atomic mass is 32.2. The minimum Gasteiger partial charge on any atom is -0.309 e. The summed E-state index contributed by atoms with van der Waals surface area (Å²) in [6.07, 6.45) is 2.52. The molecule has 6 nitrogen and oxygen atoms in total. The minimum atomic E-state index is -0.0642. The molecule has 0 saturated heterocycles. The Balaban J connectivity index is 1.54. The number of hydrogen-bond donors (Lipinski definition) is 0. The SMILES string of the molecule is Cc1cccn2c(=O)cc(CSc3nnc(Cc4cccs4)n3C)nc12. The number of hydrogen-bond acceptors (Lipinski definition) is 6. The lowest BCUT2D eigenvalue weighted by Crippen LogP contribution is -2.15. The zero-order chi connectivity index (χ0) is 18.1. The van der Waals surface area contributed by atoms with Crippen LogP contribution in [0.5, 0.6) is 0 Å². The summed E-state index contributed by atoms with van der Waals surface area (Å²) in [4.78, 5) is 18.2. The highest BCUT2D eigenvalue weighted by molar-refractivity contribution is 7.98. The first-order valence-corrected chi connectivity index (χ1v) is 9.99. The van der Waals surface area contributed by atoms with Crippen molar-refractivity contribution in [2.24, 2.45) is 7.05 Å². The van der Waals surface area contributed by atoms with E-state index in [9.17, 15) is 4.79 Å². The van der Waals surface area contributed by atoms with Gasteiger partial charge in [0, 0.05) is 36.4 Å². The van der Waals surface area contributed by atoms with E-state index in [0.29, 0.717) is 11.4 Å². The molecule has 0 N–H and O–H groups in total. The molecule has 0 aliphatic heterocycles. The van der Waals surface area contributed by atoms with Crippen LogP contribution in [0.15, 0.2) is 51.9 Å². The lowest BCUT2D eigenvalue weighted by Gasteiger charge is -2.06. The number of thioether (sulfide) groups is 1. The predicted molar refractivity (Wildman–Crippen MR) is 104 cm³/mol. The van der Waals surface area contributed by atoms with Crippen molar-refractivity contribution in [3.05, 3.63) is 74.2 Å². The van der Waals surface area contributed by atoms with Gasteiger partial charge >= 0.3 is 0 Å². The molecule has 0 spiro atoms. The van der Waals surface area contributed by atoms with Gasteiger partial charge in [0.15, 0.2) is 5.16 Å². The molecule has 0 aromatic carbocycles. The van der Waals surface area contributed by atoms with Gasteiger partial charge in [0.25, 0.3) is 5.56 Å². The average molecular weight is 384 g/mol. The van der Waals surface area contributed by atoms with Crippen LogP contribution in [0.3, 0.4) is 0 Å². The Kier molecular flexibility index (Phi) is 4.60. The van der Waals surface area contributed by atoms with Crippen molar-refractivity contribution in [2.75, 3.05) is 0 Å². The number of aromatic nitrogens is 5. The van der Waals surface area contributed by atoms with E-state index in [4.69, 9.17) is 0 Å². The molecule has 0 unspecified atom stereocenters. The average Bonchev–Trinajstić information content (AvgIpc) is 3.26. The maximum atomic E-state index is 12.3. The summed E-state index contributed by atoms with van der Waals surface area (Å²) in [6.45, 7) is 1.96. The van der Waals surface area contributed by atoms with Crippen LogP contribution >= 0.6 is 23.1 Å². The Morgan fingerprint density at radius 2 is 2.12 bits per heavy atom. The molecule has 0 aliphatic rings. The fraction of sp³-hybridized carbons (Fsp3) is 0.222. The van der Waals surface area contributed by atoms with Gasteiger partial charge in [-0.15, -0.1) is 21.5 Å². The number of nitrogens with zero attached hydrogens (tertiary/aromatic N) is 5. The molecular weight excluding hydrogens is 366 g/mol. The van der Waals surface area contributed by atoms with Gasteiger partial charge in [-0.05, 0) is 30.0 Å². The topological polar surface area (TPSA) is 65.1 Å². The van der Waals surface area contributed by atoms with E-state index < -0.39 is 0 Å². The smallest absolute Gasteiger partial charge is 0.258 e. The summed E-state index contributed by atoms with van der Waals surface area (Å²) in [7, 11) is 1.97. The van der Waals surface area contributed by atoms with E-state index in [2.05, 4.69) is 26.6 Å². The highest BCUT2D eigenvalue weighted by Gasteiger charge is 2.12. The summed E-state index contributed by atoms with van der Waals surface area (Å²) in [6, 6.07) is 9.54. The third-order valence-electron chi connectivity index (χ3n) is 4.13. The van der Waals surface area contributed by atoms with Crippen LogP contribution in [0.25, 0.3) is 5.65 Å². The molecule has 8 heteroatoms. The quantitative estimate of drug-likeness (QED) is 0.496. The molecule has 0 saturated carbocycles. The summed E-state index contributed by atoms with van der Waals surface area (Å²) in [5.41, 5.74) is 2.36. The lowest BCUT2D eigenvalue weighted by atomic mass is 10.3. The van der Waals surface area contributed by atoms with Gasteiger partial charge in [0.05, 0.1) is 5.69 Å². The first kappa shape index (κ1) is 17.0. The zero-order valence-electron chi connectivity index (χ0n) is 14.4. The van der Waals surface area contributed by atoms with Crippen LogP contribution in [0.1, 0.15) is 22.0 Å². The molecule has 132 valence electrons. The number of fused-ring (bicyclic) bond motifs is 1. The van der Waals surface area contributed by atoms with Crippen LogP contribution < -0.4 is 5.56 Å². The number of pyridine rings is 1. The monoisotopic (exact) mass is 383 g/mol. The van der Waals surface area contributed by atoms with Crippen molar-refractivity contribution in [1.29, 1.82) is 0 Å². The van der Waals surface area contributed by atoms with E-state index in [-0.39, 0.29) is 5.56 Å². The van der Waals surface area contributed by atoms with E-state index in [1.54, 1.807) is 28.0 Å².